The molecule has 1 aliphatic carbocycles. The predicted octanol–water partition coefficient (Wildman–Crippen LogP) is 2.94. The molecule has 3 aliphatic rings. The van der Waals surface area contributed by atoms with E-state index in [1.807, 2.05) is 4.90 Å². The van der Waals surface area contributed by atoms with Crippen molar-refractivity contribution in [1.82, 2.24) is 15.1 Å². The van der Waals surface area contributed by atoms with Crippen molar-refractivity contribution in [1.29, 1.82) is 0 Å². The molecule has 0 bridgehead atoms. The quantitative estimate of drug-likeness (QED) is 0.789. The number of hydrogen-bond donors (Lipinski definition) is 1. The zero-order valence-electron chi connectivity index (χ0n) is 16.4. The highest BCUT2D eigenvalue weighted by molar-refractivity contribution is 5.79. The maximum Gasteiger partial charge on any atom is 0.222 e. The summed E-state index contributed by atoms with van der Waals surface area (Å²) in [4.78, 5) is 28.9. The zero-order valence-corrected chi connectivity index (χ0v) is 16.4. The van der Waals surface area contributed by atoms with Crippen molar-refractivity contribution in [3.8, 4) is 0 Å². The number of likely N-dealkylation sites (tertiary alicyclic amines) is 2. The van der Waals surface area contributed by atoms with Gasteiger partial charge in [-0.2, -0.15) is 0 Å². The van der Waals surface area contributed by atoms with Crippen molar-refractivity contribution in [3.63, 3.8) is 0 Å². The van der Waals surface area contributed by atoms with Crippen molar-refractivity contribution in [2.45, 2.75) is 83.1 Å². The van der Waals surface area contributed by atoms with Crippen LogP contribution in [0.25, 0.3) is 0 Å². The lowest BCUT2D eigenvalue weighted by Gasteiger charge is -2.36. The molecule has 1 N–H and O–H groups in total. The Labute approximate surface area is 158 Å². The molecule has 5 heteroatoms. The van der Waals surface area contributed by atoms with Crippen LogP contribution in [0.5, 0.6) is 0 Å². The zero-order chi connectivity index (χ0) is 18.2. The van der Waals surface area contributed by atoms with E-state index in [2.05, 4.69) is 10.2 Å². The van der Waals surface area contributed by atoms with Crippen LogP contribution in [-0.2, 0) is 9.59 Å². The highest BCUT2D eigenvalue weighted by Crippen LogP contribution is 2.25. The summed E-state index contributed by atoms with van der Waals surface area (Å²) in [6.45, 7) is 4.82. The molecule has 0 spiro atoms. The van der Waals surface area contributed by atoms with E-state index in [1.165, 1.54) is 51.6 Å². The molecule has 2 amide bonds. The predicted molar refractivity (Wildman–Crippen MR) is 104 cm³/mol. The molecular formula is C21H37N3O2. The summed E-state index contributed by atoms with van der Waals surface area (Å²) in [7, 11) is 0. The first kappa shape index (κ1) is 19.7. The maximum absolute atomic E-state index is 12.4. The number of rotatable bonds is 6. The van der Waals surface area contributed by atoms with Crippen LogP contribution in [0.15, 0.2) is 0 Å². The number of carbonyl (C=O) groups excluding carboxylic acids is 2. The van der Waals surface area contributed by atoms with Gasteiger partial charge in [-0.15, -0.1) is 0 Å². The SMILES string of the molecule is O=C(CCN1CCCCCC1=O)NC1CCCN(CC2CCCCC2)C1. The number of piperidine rings is 1. The van der Waals surface area contributed by atoms with Crippen molar-refractivity contribution in [2.75, 3.05) is 32.7 Å². The first-order chi connectivity index (χ1) is 12.7. The van der Waals surface area contributed by atoms with E-state index in [4.69, 9.17) is 0 Å². The van der Waals surface area contributed by atoms with Crippen LogP contribution in [-0.4, -0.2) is 60.4 Å². The molecule has 0 aromatic carbocycles. The fourth-order valence-corrected chi connectivity index (χ4v) is 4.89. The van der Waals surface area contributed by atoms with Gasteiger partial charge in [0, 0.05) is 45.1 Å². The third-order valence-corrected chi connectivity index (χ3v) is 6.39. The summed E-state index contributed by atoms with van der Waals surface area (Å²) < 4.78 is 0. The first-order valence-electron chi connectivity index (χ1n) is 11.0. The van der Waals surface area contributed by atoms with Gasteiger partial charge in [0.2, 0.25) is 11.8 Å². The topological polar surface area (TPSA) is 52.7 Å². The Morgan fingerprint density at radius 2 is 1.77 bits per heavy atom. The van der Waals surface area contributed by atoms with Crippen LogP contribution in [0.3, 0.4) is 0 Å². The van der Waals surface area contributed by atoms with Crippen LogP contribution in [0.2, 0.25) is 0 Å². The van der Waals surface area contributed by atoms with Gasteiger partial charge in [-0.05, 0) is 51.0 Å². The largest absolute Gasteiger partial charge is 0.352 e. The van der Waals surface area contributed by atoms with Crippen LogP contribution in [0.1, 0.15) is 77.0 Å². The molecule has 3 rings (SSSR count). The Balaban J connectivity index is 1.37. The Morgan fingerprint density at radius 3 is 2.62 bits per heavy atom. The highest BCUT2D eigenvalue weighted by Gasteiger charge is 2.25. The molecule has 1 unspecified atom stereocenters. The van der Waals surface area contributed by atoms with Crippen molar-refractivity contribution >= 4 is 11.8 Å². The lowest BCUT2D eigenvalue weighted by atomic mass is 9.88. The fraction of sp³-hybridized carbons (Fsp3) is 0.905. The second-order valence-electron chi connectivity index (χ2n) is 8.61. The fourth-order valence-electron chi connectivity index (χ4n) is 4.89. The molecule has 0 radical (unpaired) electrons. The molecule has 148 valence electrons. The summed E-state index contributed by atoms with van der Waals surface area (Å²) in [5, 5.41) is 3.24. The lowest BCUT2D eigenvalue weighted by molar-refractivity contribution is -0.131. The molecular weight excluding hydrogens is 326 g/mol. The standard InChI is InChI=1S/C21H37N3O2/c25-20(12-15-24-14-6-2-5-11-21(24)26)22-19-10-7-13-23(17-19)16-18-8-3-1-4-9-18/h18-19H,1-17H2,(H,22,25). The molecule has 5 nitrogen and oxygen atoms in total. The smallest absolute Gasteiger partial charge is 0.222 e. The van der Waals surface area contributed by atoms with Gasteiger partial charge in [-0.25, -0.2) is 0 Å². The molecule has 1 atom stereocenters. The Kier molecular flexibility index (Phi) is 7.78. The van der Waals surface area contributed by atoms with Crippen LogP contribution in [0.4, 0.5) is 0 Å². The summed E-state index contributed by atoms with van der Waals surface area (Å²) in [5.41, 5.74) is 0. The Bertz CT molecular complexity index is 462. The molecule has 0 aromatic rings. The summed E-state index contributed by atoms with van der Waals surface area (Å²) in [5.74, 6) is 1.21. The van der Waals surface area contributed by atoms with E-state index < -0.39 is 0 Å². The van der Waals surface area contributed by atoms with Crippen LogP contribution >= 0.6 is 0 Å². The van der Waals surface area contributed by atoms with E-state index in [9.17, 15) is 9.59 Å². The molecule has 26 heavy (non-hydrogen) atoms. The summed E-state index contributed by atoms with van der Waals surface area (Å²) >= 11 is 0. The third-order valence-electron chi connectivity index (χ3n) is 6.39. The van der Waals surface area contributed by atoms with E-state index in [-0.39, 0.29) is 11.8 Å². The second-order valence-corrected chi connectivity index (χ2v) is 8.61. The number of hydrogen-bond acceptors (Lipinski definition) is 3. The van der Waals surface area contributed by atoms with E-state index >= 15 is 0 Å². The average Bonchev–Trinajstić information content (AvgIpc) is 2.85. The van der Waals surface area contributed by atoms with Gasteiger partial charge in [-0.3, -0.25) is 9.59 Å². The molecule has 3 fully saturated rings. The minimum absolute atomic E-state index is 0.117. The molecule has 0 aromatic heterocycles. The molecule has 2 saturated heterocycles. The Hall–Kier alpha value is -1.10. The van der Waals surface area contributed by atoms with E-state index in [0.29, 0.717) is 25.4 Å². The maximum atomic E-state index is 12.4. The van der Waals surface area contributed by atoms with Gasteiger partial charge in [-0.1, -0.05) is 25.7 Å². The third kappa shape index (κ3) is 6.26. The van der Waals surface area contributed by atoms with Crippen LogP contribution < -0.4 is 5.32 Å². The number of amides is 2. The van der Waals surface area contributed by atoms with Gasteiger partial charge in [0.25, 0.3) is 0 Å². The van der Waals surface area contributed by atoms with Crippen molar-refractivity contribution in [2.24, 2.45) is 5.92 Å². The highest BCUT2D eigenvalue weighted by atomic mass is 16.2. The normalized spacial score (nSPS) is 26.5. The summed E-state index contributed by atoms with van der Waals surface area (Å²) in [6.07, 6.45) is 13.6. The van der Waals surface area contributed by atoms with Crippen molar-refractivity contribution < 1.29 is 9.59 Å². The van der Waals surface area contributed by atoms with Gasteiger partial charge in [0.05, 0.1) is 0 Å². The number of carbonyl (C=O) groups is 2. The number of nitrogens with one attached hydrogen (secondary N) is 1. The number of nitrogens with zero attached hydrogens (tertiary/aromatic N) is 2. The first-order valence-corrected chi connectivity index (χ1v) is 11.0. The van der Waals surface area contributed by atoms with E-state index in [0.717, 1.165) is 44.7 Å². The van der Waals surface area contributed by atoms with Gasteiger partial charge in [0.1, 0.15) is 0 Å². The van der Waals surface area contributed by atoms with Gasteiger partial charge in [0.15, 0.2) is 0 Å². The monoisotopic (exact) mass is 363 g/mol. The molecule has 2 heterocycles. The molecule has 1 saturated carbocycles. The lowest BCUT2D eigenvalue weighted by Crippen LogP contribution is -2.49. The van der Waals surface area contributed by atoms with Gasteiger partial charge < -0.3 is 15.1 Å². The summed E-state index contributed by atoms with van der Waals surface area (Å²) in [6, 6.07) is 0.291. The van der Waals surface area contributed by atoms with Gasteiger partial charge >= 0.3 is 0 Å². The minimum Gasteiger partial charge on any atom is -0.352 e. The van der Waals surface area contributed by atoms with E-state index in [1.54, 1.807) is 0 Å². The Morgan fingerprint density at radius 1 is 0.962 bits per heavy atom. The molecule has 2 aliphatic heterocycles. The average molecular weight is 364 g/mol. The van der Waals surface area contributed by atoms with Crippen LogP contribution in [0, 0.1) is 5.92 Å². The second kappa shape index (κ2) is 10.3. The minimum atomic E-state index is 0.117. The van der Waals surface area contributed by atoms with Crippen molar-refractivity contribution in [3.05, 3.63) is 0 Å².